The summed E-state index contributed by atoms with van der Waals surface area (Å²) in [7, 11) is 0. The average molecular weight is 523 g/mol. The SMILES string of the molecule is CC(C)C[C@H](C(=O)OCC(=O)Nc1ccccc1)N1C(=O)[C@H]2C3c4ccccc4C(c4ccccc43)[C@@H]2C1=O. The Hall–Kier alpha value is -4.26. The molecule has 0 saturated carbocycles. The number of para-hydroxylation sites is 1. The number of amides is 3. The molecule has 3 amide bonds. The van der Waals surface area contributed by atoms with Crippen LogP contribution in [0, 0.1) is 17.8 Å². The number of carbonyl (C=O) groups is 4. The monoisotopic (exact) mass is 522 g/mol. The lowest BCUT2D eigenvalue weighted by Crippen LogP contribution is -2.47. The van der Waals surface area contributed by atoms with Crippen LogP contribution in [-0.2, 0) is 23.9 Å². The summed E-state index contributed by atoms with van der Waals surface area (Å²) in [4.78, 5) is 55.1. The maximum absolute atomic E-state index is 14.1. The van der Waals surface area contributed by atoms with Crippen molar-refractivity contribution in [3.63, 3.8) is 0 Å². The number of carbonyl (C=O) groups excluding carboxylic acids is 4. The van der Waals surface area contributed by atoms with Gasteiger partial charge in [0.05, 0.1) is 11.8 Å². The minimum atomic E-state index is -1.09. The molecule has 2 bridgehead atoms. The predicted molar refractivity (Wildman–Crippen MR) is 145 cm³/mol. The first-order valence-corrected chi connectivity index (χ1v) is 13.4. The molecule has 7 rings (SSSR count). The summed E-state index contributed by atoms with van der Waals surface area (Å²) in [5.74, 6) is -3.53. The Morgan fingerprint density at radius 2 is 1.23 bits per heavy atom. The normalized spacial score (nSPS) is 23.2. The van der Waals surface area contributed by atoms with Crippen molar-refractivity contribution in [2.45, 2.75) is 38.1 Å². The zero-order valence-corrected chi connectivity index (χ0v) is 21.9. The smallest absolute Gasteiger partial charge is 0.329 e. The van der Waals surface area contributed by atoms with Crippen molar-refractivity contribution in [3.05, 3.63) is 101 Å². The minimum Gasteiger partial charge on any atom is -0.454 e. The number of rotatable bonds is 7. The quantitative estimate of drug-likeness (QED) is 0.365. The van der Waals surface area contributed by atoms with Gasteiger partial charge in [0.15, 0.2) is 6.61 Å². The number of likely N-dealkylation sites (tertiary alicyclic amines) is 1. The lowest BCUT2D eigenvalue weighted by molar-refractivity contribution is -0.160. The molecule has 3 aromatic rings. The summed E-state index contributed by atoms with van der Waals surface area (Å²) in [6.45, 7) is 3.35. The first-order chi connectivity index (χ1) is 18.9. The fourth-order valence-corrected chi connectivity index (χ4v) is 6.71. The van der Waals surface area contributed by atoms with Crippen LogP contribution in [0.4, 0.5) is 5.69 Å². The molecule has 39 heavy (non-hydrogen) atoms. The molecule has 7 heteroatoms. The predicted octanol–water partition coefficient (Wildman–Crippen LogP) is 4.48. The van der Waals surface area contributed by atoms with Gasteiger partial charge in [0, 0.05) is 17.5 Å². The minimum absolute atomic E-state index is 0.00930. The third kappa shape index (κ3) is 4.13. The highest BCUT2D eigenvalue weighted by Gasteiger charge is 2.63. The van der Waals surface area contributed by atoms with E-state index in [1.54, 1.807) is 24.3 Å². The lowest BCUT2D eigenvalue weighted by atomic mass is 9.55. The van der Waals surface area contributed by atoms with Gasteiger partial charge in [0.1, 0.15) is 6.04 Å². The maximum Gasteiger partial charge on any atom is 0.329 e. The van der Waals surface area contributed by atoms with E-state index in [4.69, 9.17) is 4.74 Å². The molecule has 3 aromatic carbocycles. The molecule has 1 saturated heterocycles. The van der Waals surface area contributed by atoms with Crippen molar-refractivity contribution in [1.29, 1.82) is 0 Å². The molecule has 0 radical (unpaired) electrons. The fourth-order valence-electron chi connectivity index (χ4n) is 6.71. The Morgan fingerprint density at radius 1 is 0.769 bits per heavy atom. The molecule has 0 spiro atoms. The molecule has 1 N–H and O–H groups in total. The second kappa shape index (κ2) is 9.80. The Balaban J connectivity index is 1.29. The van der Waals surface area contributed by atoms with Crippen molar-refractivity contribution in [2.75, 3.05) is 11.9 Å². The summed E-state index contributed by atoms with van der Waals surface area (Å²) < 4.78 is 5.40. The van der Waals surface area contributed by atoms with E-state index in [9.17, 15) is 19.2 Å². The van der Waals surface area contributed by atoms with Crippen molar-refractivity contribution < 1.29 is 23.9 Å². The summed E-state index contributed by atoms with van der Waals surface area (Å²) in [5.41, 5.74) is 4.88. The van der Waals surface area contributed by atoms with Crippen LogP contribution in [-0.4, -0.2) is 41.2 Å². The van der Waals surface area contributed by atoms with E-state index in [1.165, 1.54) is 0 Å². The summed E-state index contributed by atoms with van der Waals surface area (Å²) in [6, 6.07) is 23.8. The van der Waals surface area contributed by atoms with Gasteiger partial charge in [-0.1, -0.05) is 80.6 Å². The van der Waals surface area contributed by atoms with Crippen LogP contribution in [0.15, 0.2) is 78.9 Å². The molecule has 0 unspecified atom stereocenters. The molecular formula is C32H30N2O5. The number of ether oxygens (including phenoxy) is 1. The van der Waals surface area contributed by atoms with Crippen LogP contribution in [0.25, 0.3) is 0 Å². The van der Waals surface area contributed by atoms with Crippen molar-refractivity contribution in [2.24, 2.45) is 17.8 Å². The van der Waals surface area contributed by atoms with Crippen LogP contribution in [0.3, 0.4) is 0 Å². The Bertz CT molecular complexity index is 1350. The zero-order valence-electron chi connectivity index (χ0n) is 21.9. The number of benzene rings is 3. The lowest BCUT2D eigenvalue weighted by Gasteiger charge is -2.45. The molecule has 1 aliphatic heterocycles. The highest BCUT2D eigenvalue weighted by molar-refractivity contribution is 6.10. The Kier molecular flexibility index (Phi) is 6.29. The van der Waals surface area contributed by atoms with Crippen LogP contribution in [0.2, 0.25) is 0 Å². The van der Waals surface area contributed by atoms with Gasteiger partial charge in [0.2, 0.25) is 11.8 Å². The van der Waals surface area contributed by atoms with E-state index < -0.39 is 36.4 Å². The third-order valence-electron chi connectivity index (χ3n) is 8.16. The van der Waals surface area contributed by atoms with Gasteiger partial charge < -0.3 is 10.1 Å². The van der Waals surface area contributed by atoms with Gasteiger partial charge in [-0.25, -0.2) is 4.79 Å². The van der Waals surface area contributed by atoms with E-state index >= 15 is 0 Å². The summed E-state index contributed by atoms with van der Waals surface area (Å²) >= 11 is 0. The number of nitrogens with zero attached hydrogens (tertiary/aromatic N) is 1. The standard InChI is InChI=1S/C32H30N2O5/c1-18(2)16-24(32(38)39-17-25(35)33-19-10-4-3-5-11-19)34-30(36)28-26-20-12-6-7-13-21(20)27(29(28)31(34)37)23-15-9-8-14-22(23)26/h3-15,18,24,26-29H,16-17H2,1-2H3,(H,33,35)/t24-,26?,27?,28+,29+/m1/s1. The van der Waals surface area contributed by atoms with Gasteiger partial charge in [-0.15, -0.1) is 0 Å². The van der Waals surface area contributed by atoms with E-state index in [0.29, 0.717) is 5.69 Å². The van der Waals surface area contributed by atoms with E-state index in [-0.39, 0.29) is 36.0 Å². The number of hydrogen-bond donors (Lipinski definition) is 1. The highest BCUT2D eigenvalue weighted by Crippen LogP contribution is 2.61. The van der Waals surface area contributed by atoms with Gasteiger partial charge in [-0.05, 0) is 46.7 Å². The van der Waals surface area contributed by atoms with Gasteiger partial charge in [0.25, 0.3) is 5.91 Å². The number of anilines is 1. The van der Waals surface area contributed by atoms with Crippen molar-refractivity contribution in [3.8, 4) is 0 Å². The topological polar surface area (TPSA) is 92.8 Å². The molecular weight excluding hydrogens is 492 g/mol. The first kappa shape index (κ1) is 25.0. The average Bonchev–Trinajstić information content (AvgIpc) is 3.21. The highest BCUT2D eigenvalue weighted by atomic mass is 16.5. The van der Waals surface area contributed by atoms with Gasteiger partial charge in [-0.3, -0.25) is 19.3 Å². The van der Waals surface area contributed by atoms with Crippen LogP contribution < -0.4 is 5.32 Å². The van der Waals surface area contributed by atoms with Crippen LogP contribution in [0.1, 0.15) is 54.4 Å². The van der Waals surface area contributed by atoms with E-state index in [0.717, 1.165) is 27.2 Å². The van der Waals surface area contributed by atoms with Crippen molar-refractivity contribution in [1.82, 2.24) is 4.90 Å². The molecule has 4 aliphatic rings. The first-order valence-electron chi connectivity index (χ1n) is 13.4. The molecule has 7 nitrogen and oxygen atoms in total. The van der Waals surface area contributed by atoms with Gasteiger partial charge >= 0.3 is 5.97 Å². The van der Waals surface area contributed by atoms with Crippen LogP contribution in [0.5, 0.6) is 0 Å². The Labute approximate surface area is 227 Å². The number of nitrogens with one attached hydrogen (secondary N) is 1. The number of hydrogen-bond acceptors (Lipinski definition) is 5. The third-order valence-corrected chi connectivity index (χ3v) is 8.16. The second-order valence-corrected chi connectivity index (χ2v) is 11.0. The maximum atomic E-state index is 14.1. The molecule has 1 heterocycles. The molecule has 3 aliphatic carbocycles. The zero-order chi connectivity index (χ0) is 27.3. The number of esters is 1. The molecule has 198 valence electrons. The van der Waals surface area contributed by atoms with E-state index in [1.807, 2.05) is 68.4 Å². The van der Waals surface area contributed by atoms with Crippen molar-refractivity contribution >= 4 is 29.4 Å². The van der Waals surface area contributed by atoms with Crippen LogP contribution >= 0.6 is 0 Å². The molecule has 3 atom stereocenters. The molecule has 0 aromatic heterocycles. The summed E-state index contributed by atoms with van der Waals surface area (Å²) in [6.07, 6.45) is 0.255. The molecule has 1 fully saturated rings. The van der Waals surface area contributed by atoms with E-state index in [2.05, 4.69) is 5.32 Å². The second-order valence-electron chi connectivity index (χ2n) is 11.0. The van der Waals surface area contributed by atoms with Gasteiger partial charge in [-0.2, -0.15) is 0 Å². The summed E-state index contributed by atoms with van der Waals surface area (Å²) in [5, 5.41) is 2.68. The number of imide groups is 1. The fraction of sp³-hybridized carbons (Fsp3) is 0.312. The largest absolute Gasteiger partial charge is 0.454 e. The Morgan fingerprint density at radius 3 is 1.69 bits per heavy atom.